The molecule has 13 heavy (non-hydrogen) atoms. The zero-order valence-corrected chi connectivity index (χ0v) is 8.98. The van der Waals surface area contributed by atoms with Gasteiger partial charge in [-0.3, -0.25) is 0 Å². The normalized spacial score (nSPS) is 11.4. The van der Waals surface area contributed by atoms with E-state index in [1.165, 1.54) is 10.3 Å². The molecule has 0 bridgehead atoms. The van der Waals surface area contributed by atoms with Gasteiger partial charge < -0.3 is 0 Å². The van der Waals surface area contributed by atoms with Gasteiger partial charge in [0.1, 0.15) is 0 Å². The van der Waals surface area contributed by atoms with Gasteiger partial charge in [-0.15, -0.1) is 11.3 Å². The molecule has 68 valence electrons. The van der Waals surface area contributed by atoms with Crippen molar-refractivity contribution in [2.24, 2.45) is 0 Å². The van der Waals surface area contributed by atoms with Crippen LogP contribution in [0, 0.1) is 6.92 Å². The lowest BCUT2D eigenvalue weighted by Gasteiger charge is -2.03. The van der Waals surface area contributed by atoms with E-state index in [1.54, 1.807) is 11.3 Å². The van der Waals surface area contributed by atoms with Crippen LogP contribution in [0.3, 0.4) is 0 Å². The second-order valence-electron chi connectivity index (χ2n) is 3.61. The van der Waals surface area contributed by atoms with Crippen LogP contribution in [0.25, 0.3) is 10.2 Å². The quantitative estimate of drug-likeness (QED) is 0.669. The fraction of sp³-hybridized carbons (Fsp3) is 0.364. The lowest BCUT2D eigenvalue weighted by atomic mass is 10.0. The second-order valence-corrected chi connectivity index (χ2v) is 4.85. The molecule has 0 aliphatic heterocycles. The Balaban J connectivity index is 2.61. The molecule has 0 spiro atoms. The Labute approximate surface area is 82.4 Å². The summed E-state index contributed by atoms with van der Waals surface area (Å²) in [5.41, 5.74) is 2.52. The van der Waals surface area contributed by atoms with Gasteiger partial charge in [0, 0.05) is 0 Å². The Morgan fingerprint density at radius 3 is 2.77 bits per heavy atom. The van der Waals surface area contributed by atoms with E-state index in [0.29, 0.717) is 5.92 Å². The number of nitrogens with zero attached hydrogens (tertiary/aromatic N) is 1. The lowest BCUT2D eigenvalue weighted by Crippen LogP contribution is -1.85. The van der Waals surface area contributed by atoms with E-state index in [-0.39, 0.29) is 0 Å². The molecule has 0 saturated heterocycles. The SMILES string of the molecule is Cc1nc2cc(C(C)C)ccc2s1. The van der Waals surface area contributed by atoms with Crippen molar-refractivity contribution in [1.29, 1.82) is 0 Å². The first-order valence-electron chi connectivity index (χ1n) is 4.54. The number of aromatic nitrogens is 1. The van der Waals surface area contributed by atoms with Gasteiger partial charge in [-0.05, 0) is 30.5 Å². The van der Waals surface area contributed by atoms with Crippen molar-refractivity contribution in [2.75, 3.05) is 0 Å². The summed E-state index contributed by atoms with van der Waals surface area (Å²) in [5.74, 6) is 0.589. The predicted molar refractivity (Wildman–Crippen MR) is 58.4 cm³/mol. The number of rotatable bonds is 1. The first-order valence-corrected chi connectivity index (χ1v) is 5.35. The molecule has 0 amide bonds. The maximum atomic E-state index is 4.47. The molecule has 0 unspecified atom stereocenters. The molecule has 0 N–H and O–H groups in total. The van der Waals surface area contributed by atoms with Crippen LogP contribution in [0.4, 0.5) is 0 Å². The summed E-state index contributed by atoms with van der Waals surface area (Å²) in [6, 6.07) is 6.57. The van der Waals surface area contributed by atoms with Crippen molar-refractivity contribution < 1.29 is 0 Å². The standard InChI is InChI=1S/C11H13NS/c1-7(2)9-4-5-11-10(6-9)12-8(3)13-11/h4-7H,1-3H3. The Morgan fingerprint density at radius 1 is 1.31 bits per heavy atom. The molecule has 0 atom stereocenters. The van der Waals surface area contributed by atoms with Gasteiger partial charge >= 0.3 is 0 Å². The van der Waals surface area contributed by atoms with E-state index < -0.39 is 0 Å². The Hall–Kier alpha value is -0.890. The Morgan fingerprint density at radius 2 is 2.08 bits per heavy atom. The van der Waals surface area contributed by atoms with E-state index in [9.17, 15) is 0 Å². The highest BCUT2D eigenvalue weighted by Gasteiger charge is 2.03. The maximum Gasteiger partial charge on any atom is 0.0907 e. The smallest absolute Gasteiger partial charge is 0.0907 e. The average Bonchev–Trinajstić information content (AvgIpc) is 2.42. The highest BCUT2D eigenvalue weighted by molar-refractivity contribution is 7.18. The van der Waals surface area contributed by atoms with E-state index in [4.69, 9.17) is 0 Å². The minimum Gasteiger partial charge on any atom is -0.242 e. The molecular formula is C11H13NS. The van der Waals surface area contributed by atoms with Crippen molar-refractivity contribution in [3.05, 3.63) is 28.8 Å². The minimum atomic E-state index is 0.589. The lowest BCUT2D eigenvalue weighted by molar-refractivity contribution is 0.868. The summed E-state index contributed by atoms with van der Waals surface area (Å²) in [4.78, 5) is 4.47. The van der Waals surface area contributed by atoms with Gasteiger partial charge in [-0.1, -0.05) is 19.9 Å². The number of benzene rings is 1. The molecule has 1 aromatic heterocycles. The number of hydrogen-bond acceptors (Lipinski definition) is 2. The zero-order chi connectivity index (χ0) is 9.42. The number of thiazole rings is 1. The van der Waals surface area contributed by atoms with Crippen molar-refractivity contribution in [3.8, 4) is 0 Å². The highest BCUT2D eigenvalue weighted by atomic mass is 32.1. The van der Waals surface area contributed by atoms with Crippen LogP contribution in [-0.2, 0) is 0 Å². The summed E-state index contributed by atoms with van der Waals surface area (Å²) in [5, 5.41) is 1.15. The van der Waals surface area contributed by atoms with Crippen molar-refractivity contribution in [2.45, 2.75) is 26.7 Å². The Kier molecular flexibility index (Phi) is 2.08. The molecule has 0 radical (unpaired) electrons. The van der Waals surface area contributed by atoms with E-state index >= 15 is 0 Å². The molecule has 2 heteroatoms. The molecule has 0 fully saturated rings. The summed E-state index contributed by atoms with van der Waals surface area (Å²) >= 11 is 1.76. The molecule has 0 aliphatic carbocycles. The van der Waals surface area contributed by atoms with Crippen molar-refractivity contribution >= 4 is 21.6 Å². The molecule has 0 saturated carbocycles. The summed E-state index contributed by atoms with van der Waals surface area (Å²) in [6.45, 7) is 6.47. The molecule has 0 aliphatic rings. The van der Waals surface area contributed by atoms with E-state index in [2.05, 4.69) is 44.0 Å². The third kappa shape index (κ3) is 1.59. The van der Waals surface area contributed by atoms with Gasteiger partial charge in [0.2, 0.25) is 0 Å². The third-order valence-corrected chi connectivity index (χ3v) is 3.14. The van der Waals surface area contributed by atoms with Gasteiger partial charge in [0.05, 0.1) is 15.2 Å². The van der Waals surface area contributed by atoms with Crippen LogP contribution >= 0.6 is 11.3 Å². The first kappa shape index (κ1) is 8.70. The average molecular weight is 191 g/mol. The first-order chi connectivity index (χ1) is 6.16. The molecule has 1 heterocycles. The van der Waals surface area contributed by atoms with Crippen LogP contribution < -0.4 is 0 Å². The fourth-order valence-corrected chi connectivity index (χ4v) is 2.23. The highest BCUT2D eigenvalue weighted by Crippen LogP contribution is 2.25. The zero-order valence-electron chi connectivity index (χ0n) is 8.16. The van der Waals surface area contributed by atoms with Crippen LogP contribution in [0.2, 0.25) is 0 Å². The van der Waals surface area contributed by atoms with Crippen LogP contribution in [-0.4, -0.2) is 4.98 Å². The van der Waals surface area contributed by atoms with Gasteiger partial charge in [0.25, 0.3) is 0 Å². The topological polar surface area (TPSA) is 12.9 Å². The largest absolute Gasteiger partial charge is 0.242 e. The predicted octanol–water partition coefficient (Wildman–Crippen LogP) is 3.73. The van der Waals surface area contributed by atoms with Gasteiger partial charge in [-0.2, -0.15) is 0 Å². The minimum absolute atomic E-state index is 0.589. The van der Waals surface area contributed by atoms with Gasteiger partial charge in [-0.25, -0.2) is 4.98 Å². The summed E-state index contributed by atoms with van der Waals surface area (Å²) < 4.78 is 1.29. The monoisotopic (exact) mass is 191 g/mol. The van der Waals surface area contributed by atoms with E-state index in [0.717, 1.165) is 10.5 Å². The van der Waals surface area contributed by atoms with Crippen LogP contribution in [0.1, 0.15) is 30.3 Å². The van der Waals surface area contributed by atoms with E-state index in [1.807, 2.05) is 0 Å². The summed E-state index contributed by atoms with van der Waals surface area (Å²) in [7, 11) is 0. The maximum absolute atomic E-state index is 4.47. The number of aryl methyl sites for hydroxylation is 1. The molecule has 2 rings (SSSR count). The summed E-state index contributed by atoms with van der Waals surface area (Å²) in [6.07, 6.45) is 0. The number of fused-ring (bicyclic) bond motifs is 1. The van der Waals surface area contributed by atoms with Crippen LogP contribution in [0.15, 0.2) is 18.2 Å². The molecule has 1 aromatic carbocycles. The third-order valence-electron chi connectivity index (χ3n) is 2.19. The fourth-order valence-electron chi connectivity index (χ4n) is 1.42. The van der Waals surface area contributed by atoms with Gasteiger partial charge in [0.15, 0.2) is 0 Å². The molecular weight excluding hydrogens is 178 g/mol. The van der Waals surface area contributed by atoms with Crippen molar-refractivity contribution in [1.82, 2.24) is 4.98 Å². The van der Waals surface area contributed by atoms with Crippen molar-refractivity contribution in [3.63, 3.8) is 0 Å². The van der Waals surface area contributed by atoms with Crippen LogP contribution in [0.5, 0.6) is 0 Å². The molecule has 2 aromatic rings. The number of hydrogen-bond donors (Lipinski definition) is 0. The Bertz CT molecular complexity index is 429. The molecule has 1 nitrogen and oxygen atoms in total. The second kappa shape index (κ2) is 3.11.